The van der Waals surface area contributed by atoms with Gasteiger partial charge in [0, 0.05) is 18.3 Å². The third kappa shape index (κ3) is 3.29. The van der Waals surface area contributed by atoms with E-state index in [1.54, 1.807) is 18.7 Å². The molecule has 1 N–H and O–H groups in total. The van der Waals surface area contributed by atoms with Crippen molar-refractivity contribution in [2.75, 3.05) is 4.90 Å². The molecule has 1 heterocycles. The number of fused-ring (bicyclic) bond motifs is 1. The molecular formula is C21H24N2O2. The Balaban J connectivity index is 1.75. The van der Waals surface area contributed by atoms with Crippen LogP contribution in [-0.4, -0.2) is 17.9 Å². The zero-order valence-corrected chi connectivity index (χ0v) is 15.0. The van der Waals surface area contributed by atoms with E-state index in [0.717, 1.165) is 23.2 Å². The van der Waals surface area contributed by atoms with Gasteiger partial charge in [-0.2, -0.15) is 0 Å². The number of hydrogen-bond acceptors (Lipinski definition) is 2. The van der Waals surface area contributed by atoms with Gasteiger partial charge in [0.2, 0.25) is 11.8 Å². The van der Waals surface area contributed by atoms with E-state index in [0.29, 0.717) is 6.54 Å². The molecule has 130 valence electrons. The van der Waals surface area contributed by atoms with E-state index in [-0.39, 0.29) is 17.9 Å². The normalized spacial score (nSPS) is 16.4. The van der Waals surface area contributed by atoms with Crippen LogP contribution >= 0.6 is 0 Å². The molecule has 0 aliphatic carbocycles. The van der Waals surface area contributed by atoms with Gasteiger partial charge in [-0.05, 0) is 44.4 Å². The number of amides is 2. The first kappa shape index (κ1) is 17.2. The zero-order chi connectivity index (χ0) is 18.0. The molecular weight excluding hydrogens is 312 g/mol. The highest BCUT2D eigenvalue weighted by molar-refractivity contribution is 6.12. The predicted molar refractivity (Wildman–Crippen MR) is 99.2 cm³/mol. The molecule has 25 heavy (non-hydrogen) atoms. The SMILES string of the molecule is CC1Cc2ccccc2N1C(=O)C(C)(C)C(=O)NCc1ccccc1. The van der Waals surface area contributed by atoms with Crippen LogP contribution in [0.15, 0.2) is 54.6 Å². The maximum Gasteiger partial charge on any atom is 0.242 e. The molecule has 1 aliphatic rings. The van der Waals surface area contributed by atoms with E-state index in [1.807, 2.05) is 61.5 Å². The van der Waals surface area contributed by atoms with E-state index >= 15 is 0 Å². The number of benzene rings is 2. The fraction of sp³-hybridized carbons (Fsp3) is 0.333. The molecule has 0 saturated heterocycles. The number of carbonyl (C=O) groups excluding carboxylic acids is 2. The lowest BCUT2D eigenvalue weighted by Crippen LogP contribution is -2.51. The Morgan fingerprint density at radius 3 is 2.44 bits per heavy atom. The molecule has 0 fully saturated rings. The Kier molecular flexibility index (Phi) is 4.62. The van der Waals surface area contributed by atoms with Gasteiger partial charge < -0.3 is 10.2 Å². The molecule has 2 amide bonds. The number of nitrogens with zero attached hydrogens (tertiary/aromatic N) is 1. The highest BCUT2D eigenvalue weighted by atomic mass is 16.2. The number of carbonyl (C=O) groups is 2. The maximum absolute atomic E-state index is 13.2. The lowest BCUT2D eigenvalue weighted by atomic mass is 9.89. The number of anilines is 1. The van der Waals surface area contributed by atoms with Crippen molar-refractivity contribution in [2.45, 2.75) is 39.8 Å². The zero-order valence-electron chi connectivity index (χ0n) is 15.0. The Labute approximate surface area is 148 Å². The average molecular weight is 336 g/mol. The van der Waals surface area contributed by atoms with Gasteiger partial charge in [0.05, 0.1) is 0 Å². The molecule has 1 atom stereocenters. The number of nitrogens with one attached hydrogen (secondary N) is 1. The number of rotatable bonds is 4. The molecule has 2 aromatic rings. The van der Waals surface area contributed by atoms with Crippen molar-refractivity contribution in [1.82, 2.24) is 5.32 Å². The average Bonchev–Trinajstić information content (AvgIpc) is 2.95. The molecule has 4 heteroatoms. The monoisotopic (exact) mass is 336 g/mol. The van der Waals surface area contributed by atoms with Gasteiger partial charge in [0.1, 0.15) is 5.41 Å². The van der Waals surface area contributed by atoms with Crippen LogP contribution in [0.2, 0.25) is 0 Å². The summed E-state index contributed by atoms with van der Waals surface area (Å²) in [5.41, 5.74) is 1.97. The van der Waals surface area contributed by atoms with E-state index in [9.17, 15) is 9.59 Å². The smallest absolute Gasteiger partial charge is 0.242 e. The number of para-hydroxylation sites is 1. The summed E-state index contributed by atoms with van der Waals surface area (Å²) in [7, 11) is 0. The molecule has 1 aliphatic heterocycles. The first-order chi connectivity index (χ1) is 11.9. The molecule has 0 bridgehead atoms. The third-order valence-electron chi connectivity index (χ3n) is 4.82. The third-order valence-corrected chi connectivity index (χ3v) is 4.82. The van der Waals surface area contributed by atoms with Gasteiger partial charge in [-0.15, -0.1) is 0 Å². The fourth-order valence-corrected chi connectivity index (χ4v) is 3.27. The molecule has 0 saturated carbocycles. The first-order valence-electron chi connectivity index (χ1n) is 8.65. The van der Waals surface area contributed by atoms with Crippen molar-refractivity contribution in [3.05, 3.63) is 65.7 Å². The first-order valence-corrected chi connectivity index (χ1v) is 8.65. The minimum absolute atomic E-state index is 0.0612. The van der Waals surface area contributed by atoms with E-state index in [4.69, 9.17) is 0 Å². The molecule has 0 radical (unpaired) electrons. The summed E-state index contributed by atoms with van der Waals surface area (Å²) in [4.78, 5) is 27.6. The second-order valence-electron chi connectivity index (χ2n) is 7.15. The highest BCUT2D eigenvalue weighted by Crippen LogP contribution is 2.35. The Morgan fingerprint density at radius 1 is 1.08 bits per heavy atom. The van der Waals surface area contributed by atoms with E-state index < -0.39 is 5.41 Å². The summed E-state index contributed by atoms with van der Waals surface area (Å²) in [6, 6.07) is 17.7. The Morgan fingerprint density at radius 2 is 1.72 bits per heavy atom. The van der Waals surface area contributed by atoms with Gasteiger partial charge in [0.15, 0.2) is 0 Å². The van der Waals surface area contributed by atoms with Crippen LogP contribution in [-0.2, 0) is 22.6 Å². The minimum Gasteiger partial charge on any atom is -0.351 e. The van der Waals surface area contributed by atoms with Crippen LogP contribution in [0.5, 0.6) is 0 Å². The minimum atomic E-state index is -1.12. The van der Waals surface area contributed by atoms with Crippen LogP contribution in [0.1, 0.15) is 31.9 Å². The van der Waals surface area contributed by atoms with Crippen LogP contribution in [0.25, 0.3) is 0 Å². The van der Waals surface area contributed by atoms with Crippen LogP contribution in [0.4, 0.5) is 5.69 Å². The van der Waals surface area contributed by atoms with E-state index in [1.165, 1.54) is 0 Å². The molecule has 4 nitrogen and oxygen atoms in total. The predicted octanol–water partition coefficient (Wildman–Crippen LogP) is 3.31. The van der Waals surface area contributed by atoms with Crippen LogP contribution in [0, 0.1) is 5.41 Å². The van der Waals surface area contributed by atoms with Gasteiger partial charge in [0.25, 0.3) is 0 Å². The summed E-state index contributed by atoms with van der Waals surface area (Å²) in [5, 5.41) is 2.90. The number of hydrogen-bond donors (Lipinski definition) is 1. The van der Waals surface area contributed by atoms with Gasteiger partial charge in [-0.3, -0.25) is 9.59 Å². The highest BCUT2D eigenvalue weighted by Gasteiger charge is 2.43. The molecule has 3 rings (SSSR count). The Hall–Kier alpha value is -2.62. The van der Waals surface area contributed by atoms with Crippen molar-refractivity contribution in [3.8, 4) is 0 Å². The summed E-state index contributed by atoms with van der Waals surface area (Å²) in [6.07, 6.45) is 0.823. The summed E-state index contributed by atoms with van der Waals surface area (Å²) >= 11 is 0. The Bertz CT molecular complexity index is 783. The van der Waals surface area contributed by atoms with Gasteiger partial charge in [-0.1, -0.05) is 48.5 Å². The molecule has 1 unspecified atom stereocenters. The quantitative estimate of drug-likeness (QED) is 0.871. The fourth-order valence-electron chi connectivity index (χ4n) is 3.27. The van der Waals surface area contributed by atoms with Gasteiger partial charge in [-0.25, -0.2) is 0 Å². The van der Waals surface area contributed by atoms with Gasteiger partial charge >= 0.3 is 0 Å². The van der Waals surface area contributed by atoms with Crippen molar-refractivity contribution in [1.29, 1.82) is 0 Å². The van der Waals surface area contributed by atoms with Crippen LogP contribution < -0.4 is 10.2 Å². The largest absolute Gasteiger partial charge is 0.351 e. The second-order valence-corrected chi connectivity index (χ2v) is 7.15. The second kappa shape index (κ2) is 6.71. The van der Waals surface area contributed by atoms with Crippen molar-refractivity contribution < 1.29 is 9.59 Å². The lowest BCUT2D eigenvalue weighted by Gasteiger charge is -2.31. The van der Waals surface area contributed by atoms with Crippen molar-refractivity contribution >= 4 is 17.5 Å². The summed E-state index contributed by atoms with van der Waals surface area (Å²) < 4.78 is 0. The maximum atomic E-state index is 13.2. The van der Waals surface area contributed by atoms with Crippen LogP contribution in [0.3, 0.4) is 0 Å². The topological polar surface area (TPSA) is 49.4 Å². The lowest BCUT2D eigenvalue weighted by molar-refractivity contribution is -0.140. The van der Waals surface area contributed by atoms with E-state index in [2.05, 4.69) is 5.32 Å². The standard InChI is InChI=1S/C21H24N2O2/c1-15-13-17-11-7-8-12-18(17)23(15)20(25)21(2,3)19(24)22-14-16-9-5-4-6-10-16/h4-12,15H,13-14H2,1-3H3,(H,22,24). The molecule has 0 spiro atoms. The van der Waals surface area contributed by atoms with Crippen molar-refractivity contribution in [3.63, 3.8) is 0 Å². The summed E-state index contributed by atoms with van der Waals surface area (Å²) in [6.45, 7) is 5.84. The molecule has 0 aromatic heterocycles. The summed E-state index contributed by atoms with van der Waals surface area (Å²) in [5.74, 6) is -0.409. The molecule has 2 aromatic carbocycles. The van der Waals surface area contributed by atoms with Crippen molar-refractivity contribution in [2.24, 2.45) is 5.41 Å².